The fourth-order valence-corrected chi connectivity index (χ4v) is 1.33. The summed E-state index contributed by atoms with van der Waals surface area (Å²) in [7, 11) is 0. The number of H-pyrrole nitrogens is 1. The molecule has 0 fully saturated rings. The molecule has 1 heterocycles. The summed E-state index contributed by atoms with van der Waals surface area (Å²) in [6, 6.07) is 0. The Balaban J connectivity index is 0. The molecule has 11 heteroatoms. The van der Waals surface area contributed by atoms with Crippen molar-refractivity contribution in [1.29, 1.82) is 0 Å². The van der Waals surface area contributed by atoms with Gasteiger partial charge in [0, 0.05) is 29.3 Å². The third-order valence-corrected chi connectivity index (χ3v) is 2.69. The zero-order chi connectivity index (χ0) is 18.0. The number of aromatic nitrogens is 2. The normalized spacial score (nSPS) is 15.4. The fourth-order valence-electron chi connectivity index (χ4n) is 1.33. The zero-order valence-electron chi connectivity index (χ0n) is 12.7. The number of imidazole rings is 1. The SMILES string of the molecule is CCC(O)C(O)C(O)C([OH2+])C(=O)O.O=C(O)/C=C\c1c[nH]cn1.[Mn]. The topological polar surface area (TPSA) is 187 Å². The molecule has 0 aromatic carbocycles. The smallest absolute Gasteiger partial charge is 0.387 e. The first-order valence-corrected chi connectivity index (χ1v) is 6.58. The fraction of sp³-hybridized carbons (Fsp3) is 0.462. The number of aliphatic hydroxyl groups is 3. The molecule has 0 bridgehead atoms. The standard InChI is InChI=1S/C7H14O6.C6H6N2O2.Mn/c1-2-3(8)4(9)5(10)6(11)7(12)13;9-6(10)2-1-5-3-7-4-8-5;/h3-6,8-11H,2H2,1H3,(H,12,13);1-4H,(H,7,8)(H,9,10);/p+1/b;2-1-;. The third kappa shape index (κ3) is 9.40. The maximum atomic E-state index is 10.2. The van der Waals surface area contributed by atoms with Gasteiger partial charge in [0.1, 0.15) is 6.10 Å². The largest absolute Gasteiger partial charge is 0.478 e. The van der Waals surface area contributed by atoms with Crippen LogP contribution in [0.1, 0.15) is 19.0 Å². The summed E-state index contributed by atoms with van der Waals surface area (Å²) in [6.07, 6.45) is -0.671. The predicted octanol–water partition coefficient (Wildman–Crippen LogP) is -1.84. The van der Waals surface area contributed by atoms with E-state index in [9.17, 15) is 9.59 Å². The van der Waals surface area contributed by atoms with Crippen LogP contribution in [0.5, 0.6) is 0 Å². The molecule has 24 heavy (non-hydrogen) atoms. The van der Waals surface area contributed by atoms with Crippen molar-refractivity contribution in [2.75, 3.05) is 0 Å². The van der Waals surface area contributed by atoms with Crippen LogP contribution >= 0.6 is 0 Å². The van der Waals surface area contributed by atoms with Crippen molar-refractivity contribution in [2.24, 2.45) is 0 Å². The number of hydrogen-bond donors (Lipinski definition) is 6. The van der Waals surface area contributed by atoms with E-state index in [1.165, 1.54) is 12.4 Å². The van der Waals surface area contributed by atoms with Crippen LogP contribution in [-0.2, 0) is 26.7 Å². The number of rotatable bonds is 7. The molecule has 0 aliphatic carbocycles. The Morgan fingerprint density at radius 1 is 1.29 bits per heavy atom. The Labute approximate surface area is 148 Å². The second-order valence-electron chi connectivity index (χ2n) is 4.44. The number of aliphatic carboxylic acids is 2. The number of carbonyl (C=O) groups is 2. The van der Waals surface area contributed by atoms with Crippen molar-refractivity contribution >= 4 is 18.0 Å². The zero-order valence-corrected chi connectivity index (χ0v) is 13.9. The molecule has 0 saturated carbocycles. The first kappa shape index (κ1) is 24.5. The van der Waals surface area contributed by atoms with E-state index < -0.39 is 36.4 Å². The summed E-state index contributed by atoms with van der Waals surface area (Å²) in [6.45, 7) is 1.57. The quantitative estimate of drug-likeness (QED) is 0.179. The van der Waals surface area contributed by atoms with Gasteiger partial charge in [-0.05, 0) is 12.5 Å². The van der Waals surface area contributed by atoms with Gasteiger partial charge in [0.05, 0.1) is 18.1 Å². The van der Waals surface area contributed by atoms with E-state index in [1.807, 2.05) is 0 Å². The van der Waals surface area contributed by atoms with Gasteiger partial charge in [-0.15, -0.1) is 0 Å². The molecule has 0 saturated heterocycles. The molecule has 0 spiro atoms. The Bertz CT molecular complexity index is 508. The molecule has 1 aromatic rings. The Morgan fingerprint density at radius 2 is 1.88 bits per heavy atom. The molecule has 4 unspecified atom stereocenters. The van der Waals surface area contributed by atoms with Crippen molar-refractivity contribution in [3.8, 4) is 0 Å². The summed E-state index contributed by atoms with van der Waals surface area (Å²) in [5, 5.41) is 50.7. The van der Waals surface area contributed by atoms with Gasteiger partial charge in [0.15, 0.2) is 6.10 Å². The first-order valence-electron chi connectivity index (χ1n) is 6.58. The molecule has 1 aromatic heterocycles. The number of aliphatic hydroxyl groups excluding tert-OH is 3. The van der Waals surface area contributed by atoms with Gasteiger partial charge in [-0.2, -0.15) is 0 Å². The number of carboxylic acid groups (broad SMARTS) is 2. The van der Waals surface area contributed by atoms with Crippen molar-refractivity contribution in [1.82, 2.24) is 9.97 Å². The van der Waals surface area contributed by atoms with Crippen LogP contribution in [0.25, 0.3) is 6.08 Å². The maximum absolute atomic E-state index is 10.2. The molecule has 8 N–H and O–H groups in total. The van der Waals surface area contributed by atoms with Crippen LogP contribution < -0.4 is 0 Å². The van der Waals surface area contributed by atoms with Crippen molar-refractivity contribution in [3.05, 3.63) is 24.3 Å². The second kappa shape index (κ2) is 12.6. The van der Waals surface area contributed by atoms with Gasteiger partial charge in [-0.25, -0.2) is 14.6 Å². The second-order valence-corrected chi connectivity index (χ2v) is 4.44. The molecule has 1 rings (SSSR count). The van der Waals surface area contributed by atoms with E-state index in [0.29, 0.717) is 5.69 Å². The molecular formula is C13H21MnN2O8+. The van der Waals surface area contributed by atoms with Crippen LogP contribution in [0, 0.1) is 0 Å². The molecule has 10 nitrogen and oxygen atoms in total. The molecule has 4 atom stereocenters. The number of hydrogen-bond acceptors (Lipinski definition) is 6. The number of aromatic amines is 1. The summed E-state index contributed by atoms with van der Waals surface area (Å²) < 4.78 is 0. The van der Waals surface area contributed by atoms with Gasteiger partial charge in [0.2, 0.25) is 0 Å². The minimum Gasteiger partial charge on any atom is -0.478 e. The average molecular weight is 388 g/mol. The minimum atomic E-state index is -1.84. The van der Waals surface area contributed by atoms with E-state index in [-0.39, 0.29) is 23.5 Å². The minimum absolute atomic E-state index is 0. The van der Waals surface area contributed by atoms with Crippen molar-refractivity contribution < 1.29 is 57.3 Å². The van der Waals surface area contributed by atoms with Crippen molar-refractivity contribution in [3.63, 3.8) is 0 Å². The predicted molar refractivity (Wildman–Crippen MR) is 78.6 cm³/mol. The van der Waals surface area contributed by atoms with Gasteiger partial charge < -0.3 is 35.6 Å². The number of nitrogens with zero attached hydrogens (tertiary/aromatic N) is 1. The van der Waals surface area contributed by atoms with E-state index in [2.05, 4.69) is 9.97 Å². The third-order valence-electron chi connectivity index (χ3n) is 2.69. The summed E-state index contributed by atoms with van der Waals surface area (Å²) in [5.74, 6) is -2.50. The summed E-state index contributed by atoms with van der Waals surface area (Å²) in [4.78, 5) is 26.7. The average Bonchev–Trinajstić information content (AvgIpc) is 3.03. The number of nitrogens with one attached hydrogen (secondary N) is 1. The van der Waals surface area contributed by atoms with Gasteiger partial charge in [-0.1, -0.05) is 6.92 Å². The van der Waals surface area contributed by atoms with Crippen molar-refractivity contribution in [2.45, 2.75) is 37.8 Å². The van der Waals surface area contributed by atoms with E-state index in [1.54, 1.807) is 13.1 Å². The number of carboxylic acids is 2. The monoisotopic (exact) mass is 388 g/mol. The summed E-state index contributed by atoms with van der Waals surface area (Å²) in [5.41, 5.74) is 0.613. The van der Waals surface area contributed by atoms with E-state index in [4.69, 9.17) is 30.6 Å². The van der Waals surface area contributed by atoms with Crippen LogP contribution in [0.3, 0.4) is 0 Å². The van der Waals surface area contributed by atoms with Crippen LogP contribution in [0.15, 0.2) is 18.6 Å². The van der Waals surface area contributed by atoms with Crippen LogP contribution in [-0.4, -0.2) is 77.0 Å². The first-order chi connectivity index (χ1) is 10.7. The molecule has 0 amide bonds. The van der Waals surface area contributed by atoms with Gasteiger partial charge in [0.25, 0.3) is 6.10 Å². The Hall–Kier alpha value is -1.75. The Kier molecular flexibility index (Phi) is 12.9. The summed E-state index contributed by atoms with van der Waals surface area (Å²) >= 11 is 0. The van der Waals surface area contributed by atoms with E-state index in [0.717, 1.165) is 6.08 Å². The van der Waals surface area contributed by atoms with Crippen LogP contribution in [0.4, 0.5) is 0 Å². The molecule has 0 aliphatic heterocycles. The molecule has 1 radical (unpaired) electrons. The Morgan fingerprint density at radius 3 is 2.25 bits per heavy atom. The van der Waals surface area contributed by atoms with Gasteiger partial charge >= 0.3 is 11.9 Å². The molecule has 137 valence electrons. The maximum Gasteiger partial charge on any atom is 0.387 e. The molecule has 0 aliphatic rings. The molecular weight excluding hydrogens is 367 g/mol. The van der Waals surface area contributed by atoms with Gasteiger partial charge in [-0.3, -0.25) is 0 Å². The van der Waals surface area contributed by atoms with E-state index >= 15 is 0 Å². The van der Waals surface area contributed by atoms with Crippen LogP contribution in [0.2, 0.25) is 0 Å².